The lowest BCUT2D eigenvalue weighted by atomic mass is 10.1. The van der Waals surface area contributed by atoms with Crippen molar-refractivity contribution in [3.8, 4) is 5.75 Å². The Morgan fingerprint density at radius 1 is 1.42 bits per heavy atom. The number of rotatable bonds is 4. The summed E-state index contributed by atoms with van der Waals surface area (Å²) in [6.45, 7) is 5.03. The Labute approximate surface area is 117 Å². The molecule has 2 N–H and O–H groups in total. The summed E-state index contributed by atoms with van der Waals surface area (Å²) in [6, 6.07) is 5.11. The Morgan fingerprint density at radius 3 is 2.68 bits per heavy atom. The Bertz CT molecular complexity index is 495. The summed E-state index contributed by atoms with van der Waals surface area (Å²) in [7, 11) is 0. The highest BCUT2D eigenvalue weighted by Gasteiger charge is 2.17. The minimum absolute atomic E-state index is 0.122. The number of amides is 1. The Balaban J connectivity index is 2.10. The molecule has 1 aromatic rings. The number of ether oxygens (including phenoxy) is 2. The van der Waals surface area contributed by atoms with Crippen molar-refractivity contribution >= 4 is 23.1 Å². The van der Waals surface area contributed by atoms with Gasteiger partial charge in [0.25, 0.3) is 0 Å². The van der Waals surface area contributed by atoms with Crippen molar-refractivity contribution < 1.29 is 14.3 Å². The van der Waals surface area contributed by atoms with Crippen molar-refractivity contribution in [3.63, 3.8) is 0 Å². The lowest BCUT2D eigenvalue weighted by Crippen LogP contribution is -2.26. The van der Waals surface area contributed by atoms with Gasteiger partial charge >= 0.3 is 0 Å². The van der Waals surface area contributed by atoms with E-state index >= 15 is 0 Å². The molecule has 1 aromatic carbocycles. The molecular weight excluding hydrogens is 266 g/mol. The fraction of sp³-hybridized carbons (Fsp3) is 0.357. The highest BCUT2D eigenvalue weighted by molar-refractivity contribution is 6.32. The second-order valence-electron chi connectivity index (χ2n) is 4.42. The first-order valence-corrected chi connectivity index (χ1v) is 6.49. The number of carbonyl (C=O) groups is 1. The summed E-state index contributed by atoms with van der Waals surface area (Å²) in [6.07, 6.45) is 1.83. The molecule has 0 aliphatic carbocycles. The summed E-state index contributed by atoms with van der Waals surface area (Å²) in [5.41, 5.74) is 6.02. The normalized spacial score (nSPS) is 16.1. The highest BCUT2D eigenvalue weighted by Crippen LogP contribution is 2.30. The number of nitrogens with two attached hydrogens (primary N) is 1. The van der Waals surface area contributed by atoms with Crippen LogP contribution in [0.3, 0.4) is 0 Å². The zero-order valence-corrected chi connectivity index (χ0v) is 11.3. The van der Waals surface area contributed by atoms with Gasteiger partial charge in [0, 0.05) is 18.4 Å². The molecule has 1 amide bonds. The summed E-state index contributed by atoms with van der Waals surface area (Å²) in [5.74, 6) is 0.0451. The molecule has 4 nitrogen and oxygen atoms in total. The molecule has 1 heterocycles. The average molecular weight is 282 g/mol. The van der Waals surface area contributed by atoms with Crippen molar-refractivity contribution in [2.24, 2.45) is 5.73 Å². The van der Waals surface area contributed by atoms with Crippen molar-refractivity contribution in [1.82, 2.24) is 0 Å². The molecule has 5 heteroatoms. The molecule has 1 aliphatic heterocycles. The molecule has 0 aromatic heterocycles. The van der Waals surface area contributed by atoms with Crippen LogP contribution in [-0.2, 0) is 9.53 Å². The maximum atomic E-state index is 11.0. The highest BCUT2D eigenvalue weighted by atomic mass is 35.5. The molecular formula is C14H16ClNO3. The van der Waals surface area contributed by atoms with Gasteiger partial charge in [0.1, 0.15) is 11.9 Å². The van der Waals surface area contributed by atoms with Crippen molar-refractivity contribution in [2.45, 2.75) is 18.9 Å². The largest absolute Gasteiger partial charge is 0.489 e. The van der Waals surface area contributed by atoms with Crippen molar-refractivity contribution in [2.75, 3.05) is 13.2 Å². The molecule has 0 saturated carbocycles. The van der Waals surface area contributed by atoms with Gasteiger partial charge in [-0.05, 0) is 17.7 Å². The molecule has 0 bridgehead atoms. The first-order chi connectivity index (χ1) is 9.08. The molecule has 0 atom stereocenters. The van der Waals surface area contributed by atoms with E-state index in [0.29, 0.717) is 29.5 Å². The average Bonchev–Trinajstić information content (AvgIpc) is 2.41. The number of carbonyl (C=O) groups excluding carboxylic acids is 1. The van der Waals surface area contributed by atoms with E-state index in [9.17, 15) is 4.79 Å². The SMILES string of the molecule is C=C(C(N)=O)c1ccc(OC2CCOCC2)c(Cl)c1. The van der Waals surface area contributed by atoms with E-state index in [2.05, 4.69) is 6.58 Å². The van der Waals surface area contributed by atoms with Gasteiger partial charge in [-0.2, -0.15) is 0 Å². The molecule has 0 radical (unpaired) electrons. The first kappa shape index (κ1) is 13.9. The summed E-state index contributed by atoms with van der Waals surface area (Å²) < 4.78 is 11.1. The molecule has 2 rings (SSSR count). The number of primary amides is 1. The van der Waals surface area contributed by atoms with E-state index in [1.54, 1.807) is 18.2 Å². The van der Waals surface area contributed by atoms with Crippen LogP contribution in [0.25, 0.3) is 5.57 Å². The maximum Gasteiger partial charge on any atom is 0.248 e. The summed E-state index contributed by atoms with van der Waals surface area (Å²) in [4.78, 5) is 11.0. The van der Waals surface area contributed by atoms with Gasteiger partial charge < -0.3 is 15.2 Å². The number of hydrogen-bond acceptors (Lipinski definition) is 3. The van der Waals surface area contributed by atoms with Crippen LogP contribution in [0.4, 0.5) is 0 Å². The van der Waals surface area contributed by atoms with Crippen LogP contribution >= 0.6 is 11.6 Å². The van der Waals surface area contributed by atoms with Crippen molar-refractivity contribution in [1.29, 1.82) is 0 Å². The van der Waals surface area contributed by atoms with E-state index in [1.807, 2.05) is 0 Å². The van der Waals surface area contributed by atoms with Crippen LogP contribution in [0.5, 0.6) is 5.75 Å². The third-order valence-electron chi connectivity index (χ3n) is 3.04. The molecule has 0 unspecified atom stereocenters. The smallest absolute Gasteiger partial charge is 0.248 e. The second-order valence-corrected chi connectivity index (χ2v) is 4.82. The minimum atomic E-state index is -0.561. The predicted molar refractivity (Wildman–Crippen MR) is 74.1 cm³/mol. The zero-order valence-electron chi connectivity index (χ0n) is 10.5. The van der Waals surface area contributed by atoms with Crippen molar-refractivity contribution in [3.05, 3.63) is 35.4 Å². The predicted octanol–water partition coefficient (Wildman–Crippen LogP) is 2.40. The molecule has 1 aliphatic rings. The number of benzene rings is 1. The van der Waals surface area contributed by atoms with Crippen LogP contribution in [0, 0.1) is 0 Å². The molecule has 19 heavy (non-hydrogen) atoms. The number of hydrogen-bond donors (Lipinski definition) is 1. The van der Waals surface area contributed by atoms with E-state index < -0.39 is 5.91 Å². The quantitative estimate of drug-likeness (QED) is 0.862. The summed E-state index contributed by atoms with van der Waals surface area (Å²) in [5, 5.41) is 0.450. The lowest BCUT2D eigenvalue weighted by molar-refractivity contribution is -0.112. The van der Waals surface area contributed by atoms with Gasteiger partial charge in [-0.25, -0.2) is 0 Å². The number of halogens is 1. The monoisotopic (exact) mass is 281 g/mol. The van der Waals surface area contributed by atoms with Crippen LogP contribution in [0.15, 0.2) is 24.8 Å². The van der Waals surface area contributed by atoms with Crippen LogP contribution < -0.4 is 10.5 Å². The third kappa shape index (κ3) is 3.49. The van der Waals surface area contributed by atoms with Gasteiger partial charge in [-0.1, -0.05) is 24.2 Å². The lowest BCUT2D eigenvalue weighted by Gasteiger charge is -2.23. The summed E-state index contributed by atoms with van der Waals surface area (Å²) >= 11 is 6.15. The Hall–Kier alpha value is -1.52. The van der Waals surface area contributed by atoms with Gasteiger partial charge in [-0.15, -0.1) is 0 Å². The van der Waals surface area contributed by atoms with Crippen LogP contribution in [0.2, 0.25) is 5.02 Å². The van der Waals surface area contributed by atoms with Crippen LogP contribution in [-0.4, -0.2) is 25.2 Å². The topological polar surface area (TPSA) is 61.6 Å². The second kappa shape index (κ2) is 6.08. The first-order valence-electron chi connectivity index (χ1n) is 6.11. The van der Waals surface area contributed by atoms with E-state index in [1.165, 1.54) is 0 Å². The van der Waals surface area contributed by atoms with Gasteiger partial charge in [0.15, 0.2) is 0 Å². The Kier molecular flexibility index (Phi) is 4.45. The van der Waals surface area contributed by atoms with E-state index in [-0.39, 0.29) is 11.7 Å². The van der Waals surface area contributed by atoms with Gasteiger partial charge in [-0.3, -0.25) is 4.79 Å². The van der Waals surface area contributed by atoms with Gasteiger partial charge in [0.2, 0.25) is 5.91 Å². The molecule has 102 valence electrons. The molecule has 1 saturated heterocycles. The third-order valence-corrected chi connectivity index (χ3v) is 3.34. The maximum absolute atomic E-state index is 11.0. The fourth-order valence-corrected chi connectivity index (χ4v) is 2.12. The zero-order chi connectivity index (χ0) is 13.8. The standard InChI is InChI=1S/C14H16ClNO3/c1-9(14(16)17)10-2-3-13(12(15)8-10)19-11-4-6-18-7-5-11/h2-3,8,11H,1,4-7H2,(H2,16,17). The molecule has 1 fully saturated rings. The van der Waals surface area contributed by atoms with Gasteiger partial charge in [0.05, 0.1) is 18.2 Å². The minimum Gasteiger partial charge on any atom is -0.489 e. The Morgan fingerprint density at radius 2 is 2.11 bits per heavy atom. The van der Waals surface area contributed by atoms with E-state index in [0.717, 1.165) is 12.8 Å². The van der Waals surface area contributed by atoms with Crippen LogP contribution in [0.1, 0.15) is 18.4 Å². The fourth-order valence-electron chi connectivity index (χ4n) is 1.90. The molecule has 0 spiro atoms. The van der Waals surface area contributed by atoms with E-state index in [4.69, 9.17) is 26.8 Å².